The van der Waals surface area contributed by atoms with Crippen molar-refractivity contribution in [2.75, 3.05) is 5.33 Å². The Kier molecular flexibility index (Phi) is 4.20. The molecule has 0 radical (unpaired) electrons. The Morgan fingerprint density at radius 2 is 2.35 bits per heavy atom. The molecule has 0 saturated heterocycles. The average molecular weight is 300 g/mol. The molecule has 0 bridgehead atoms. The molecule has 2 atom stereocenters. The van der Waals surface area contributed by atoms with Crippen LogP contribution in [0.2, 0.25) is 0 Å². The van der Waals surface area contributed by atoms with E-state index in [-0.39, 0.29) is 5.91 Å². The Hall–Kier alpha value is -0.840. The van der Waals surface area contributed by atoms with E-state index in [0.717, 1.165) is 11.8 Å². The van der Waals surface area contributed by atoms with E-state index in [4.69, 9.17) is 0 Å². The van der Waals surface area contributed by atoms with Gasteiger partial charge in [-0.1, -0.05) is 28.8 Å². The number of rotatable bonds is 3. The zero-order chi connectivity index (χ0) is 12.3. The molecule has 1 fully saturated rings. The van der Waals surface area contributed by atoms with Crippen LogP contribution in [0.5, 0.6) is 0 Å². The summed E-state index contributed by atoms with van der Waals surface area (Å²) in [6.45, 7) is 0. The van der Waals surface area contributed by atoms with E-state index >= 15 is 0 Å². The normalized spacial score (nSPS) is 24.6. The minimum Gasteiger partial charge on any atom is -0.348 e. The summed E-state index contributed by atoms with van der Waals surface area (Å²) in [6, 6.07) is 0.297. The van der Waals surface area contributed by atoms with Gasteiger partial charge in [-0.25, -0.2) is 4.98 Å². The fraction of sp³-hybridized carbons (Fsp3) is 0.667. The van der Waals surface area contributed by atoms with E-state index in [1.807, 2.05) is 7.05 Å². The minimum atomic E-state index is -0.0113. The molecule has 0 aromatic carbocycles. The van der Waals surface area contributed by atoms with Crippen LogP contribution in [0.3, 0.4) is 0 Å². The number of hydrogen-bond donors (Lipinski definition) is 1. The number of nitrogens with one attached hydrogen (secondary N) is 1. The molecule has 2 unspecified atom stereocenters. The van der Waals surface area contributed by atoms with Gasteiger partial charge in [-0.2, -0.15) is 0 Å². The van der Waals surface area contributed by atoms with Gasteiger partial charge in [0.2, 0.25) is 0 Å². The molecule has 1 aromatic heterocycles. The van der Waals surface area contributed by atoms with E-state index in [1.165, 1.54) is 19.3 Å². The van der Waals surface area contributed by atoms with Crippen LogP contribution in [-0.2, 0) is 7.05 Å². The smallest absolute Gasteiger partial charge is 0.269 e. The van der Waals surface area contributed by atoms with Crippen molar-refractivity contribution in [2.24, 2.45) is 13.0 Å². The van der Waals surface area contributed by atoms with Crippen molar-refractivity contribution in [1.29, 1.82) is 0 Å². The number of aryl methyl sites for hydroxylation is 1. The van der Waals surface area contributed by atoms with Gasteiger partial charge in [-0.05, 0) is 18.8 Å². The van der Waals surface area contributed by atoms with Gasteiger partial charge < -0.3 is 9.88 Å². The topological polar surface area (TPSA) is 46.9 Å². The molecule has 2 rings (SSSR count). The predicted molar refractivity (Wildman–Crippen MR) is 70.2 cm³/mol. The maximum Gasteiger partial charge on any atom is 0.269 e. The van der Waals surface area contributed by atoms with E-state index in [1.54, 1.807) is 17.1 Å². The molecular weight excluding hydrogens is 282 g/mol. The molecule has 0 spiro atoms. The van der Waals surface area contributed by atoms with Crippen molar-refractivity contribution in [3.05, 3.63) is 18.2 Å². The maximum atomic E-state index is 12.1. The summed E-state index contributed by atoms with van der Waals surface area (Å²) in [5.41, 5.74) is 0.629. The second-order valence-corrected chi connectivity index (χ2v) is 5.32. The highest BCUT2D eigenvalue weighted by Crippen LogP contribution is 2.26. The molecule has 5 heteroatoms. The van der Waals surface area contributed by atoms with Gasteiger partial charge in [0.25, 0.3) is 5.91 Å². The minimum absolute atomic E-state index is 0.0113. The Labute approximate surface area is 110 Å². The summed E-state index contributed by atoms with van der Waals surface area (Å²) < 4.78 is 1.75. The van der Waals surface area contributed by atoms with Gasteiger partial charge in [0.15, 0.2) is 0 Å². The van der Waals surface area contributed by atoms with Gasteiger partial charge in [0.05, 0.1) is 12.5 Å². The fourth-order valence-electron chi connectivity index (χ4n) is 2.40. The lowest BCUT2D eigenvalue weighted by atomic mass is 9.86. The predicted octanol–water partition coefficient (Wildman–Crippen LogP) is 2.10. The standard InChI is InChI=1S/C12H18BrN3O/c1-16-8-14-7-11(16)12(17)15-10-5-3-2-4-9(10)6-13/h7-10H,2-6H2,1H3,(H,15,17). The number of imidazole rings is 1. The van der Waals surface area contributed by atoms with Crippen LogP contribution in [0.1, 0.15) is 36.2 Å². The van der Waals surface area contributed by atoms with Crippen molar-refractivity contribution in [1.82, 2.24) is 14.9 Å². The van der Waals surface area contributed by atoms with Crippen LogP contribution in [0.25, 0.3) is 0 Å². The first kappa shape index (κ1) is 12.6. The third kappa shape index (κ3) is 2.89. The zero-order valence-electron chi connectivity index (χ0n) is 10.0. The summed E-state index contributed by atoms with van der Waals surface area (Å²) in [4.78, 5) is 16.0. The summed E-state index contributed by atoms with van der Waals surface area (Å²) in [7, 11) is 1.84. The Bertz CT molecular complexity index is 391. The molecule has 1 aliphatic carbocycles. The van der Waals surface area contributed by atoms with E-state index in [2.05, 4.69) is 26.2 Å². The number of hydrogen-bond acceptors (Lipinski definition) is 2. The molecule has 1 aromatic rings. The van der Waals surface area contributed by atoms with E-state index < -0.39 is 0 Å². The monoisotopic (exact) mass is 299 g/mol. The number of halogens is 1. The number of alkyl halides is 1. The number of amides is 1. The van der Waals surface area contributed by atoms with Crippen molar-refractivity contribution in [3.8, 4) is 0 Å². The van der Waals surface area contributed by atoms with Crippen molar-refractivity contribution >= 4 is 21.8 Å². The molecule has 1 saturated carbocycles. The van der Waals surface area contributed by atoms with Gasteiger partial charge in [0.1, 0.15) is 5.69 Å². The molecular formula is C12H18BrN3O. The first-order valence-corrected chi connectivity index (χ1v) is 7.17. The van der Waals surface area contributed by atoms with Crippen LogP contribution in [0.4, 0.5) is 0 Å². The maximum absolute atomic E-state index is 12.1. The Balaban J connectivity index is 2.00. The van der Waals surface area contributed by atoms with Crippen LogP contribution >= 0.6 is 15.9 Å². The fourth-order valence-corrected chi connectivity index (χ4v) is 3.18. The molecule has 1 N–H and O–H groups in total. The van der Waals surface area contributed by atoms with Crippen LogP contribution in [-0.4, -0.2) is 26.8 Å². The Morgan fingerprint density at radius 3 is 3.00 bits per heavy atom. The highest BCUT2D eigenvalue weighted by Gasteiger charge is 2.26. The first-order chi connectivity index (χ1) is 8.22. The molecule has 94 valence electrons. The van der Waals surface area contributed by atoms with Crippen LogP contribution in [0.15, 0.2) is 12.5 Å². The van der Waals surface area contributed by atoms with Crippen molar-refractivity contribution < 1.29 is 4.79 Å². The zero-order valence-corrected chi connectivity index (χ0v) is 11.6. The number of carbonyl (C=O) groups is 1. The number of aromatic nitrogens is 2. The highest BCUT2D eigenvalue weighted by molar-refractivity contribution is 9.09. The SMILES string of the molecule is Cn1cncc1C(=O)NC1CCCCC1CBr. The molecule has 0 aliphatic heterocycles. The second kappa shape index (κ2) is 5.67. The lowest BCUT2D eigenvalue weighted by molar-refractivity contribution is 0.0903. The number of nitrogens with zero attached hydrogens (tertiary/aromatic N) is 2. The van der Waals surface area contributed by atoms with E-state index in [0.29, 0.717) is 17.7 Å². The molecule has 1 heterocycles. The third-order valence-corrected chi connectivity index (χ3v) is 4.30. The molecule has 17 heavy (non-hydrogen) atoms. The lowest BCUT2D eigenvalue weighted by Gasteiger charge is -2.30. The summed E-state index contributed by atoms with van der Waals surface area (Å²) in [6.07, 6.45) is 8.02. The first-order valence-electron chi connectivity index (χ1n) is 6.05. The quantitative estimate of drug-likeness (QED) is 0.869. The lowest BCUT2D eigenvalue weighted by Crippen LogP contribution is -2.43. The third-order valence-electron chi connectivity index (χ3n) is 3.47. The van der Waals surface area contributed by atoms with Gasteiger partial charge >= 0.3 is 0 Å². The summed E-state index contributed by atoms with van der Waals surface area (Å²) in [5, 5.41) is 4.09. The second-order valence-electron chi connectivity index (χ2n) is 4.67. The van der Waals surface area contributed by atoms with E-state index in [9.17, 15) is 4.79 Å². The molecule has 1 aliphatic rings. The molecule has 1 amide bonds. The average Bonchev–Trinajstić information content (AvgIpc) is 2.76. The highest BCUT2D eigenvalue weighted by atomic mass is 79.9. The molecule has 4 nitrogen and oxygen atoms in total. The largest absolute Gasteiger partial charge is 0.348 e. The number of carbonyl (C=O) groups excluding carboxylic acids is 1. The van der Waals surface area contributed by atoms with Crippen LogP contribution < -0.4 is 5.32 Å². The summed E-state index contributed by atoms with van der Waals surface area (Å²) in [5.74, 6) is 0.545. The van der Waals surface area contributed by atoms with Crippen molar-refractivity contribution in [2.45, 2.75) is 31.7 Å². The Morgan fingerprint density at radius 1 is 1.59 bits per heavy atom. The van der Waals surface area contributed by atoms with Crippen molar-refractivity contribution in [3.63, 3.8) is 0 Å². The van der Waals surface area contributed by atoms with Gasteiger partial charge in [-0.15, -0.1) is 0 Å². The van der Waals surface area contributed by atoms with Gasteiger partial charge in [0, 0.05) is 18.4 Å². The van der Waals surface area contributed by atoms with Crippen LogP contribution in [0, 0.1) is 5.92 Å². The summed E-state index contributed by atoms with van der Waals surface area (Å²) >= 11 is 3.54. The van der Waals surface area contributed by atoms with Gasteiger partial charge in [-0.3, -0.25) is 4.79 Å².